The number of aliphatic carboxylic acids is 1. The van der Waals surface area contributed by atoms with Crippen molar-refractivity contribution < 1.29 is 23.8 Å². The molecule has 6 nitrogen and oxygen atoms in total. The van der Waals surface area contributed by atoms with Crippen LogP contribution in [0.5, 0.6) is 0 Å². The molecule has 3 N–H and O–H groups in total. The fourth-order valence-electron chi connectivity index (χ4n) is 1.31. The van der Waals surface area contributed by atoms with Crippen LogP contribution in [0.2, 0.25) is 0 Å². The van der Waals surface area contributed by atoms with Crippen molar-refractivity contribution in [3.05, 3.63) is 23.7 Å². The van der Waals surface area contributed by atoms with Gasteiger partial charge in [0.2, 0.25) is 5.76 Å². The Kier molecular flexibility index (Phi) is 5.02. The Balaban J connectivity index is 2.64. The van der Waals surface area contributed by atoms with Crippen LogP contribution in [0.1, 0.15) is 30.2 Å². The summed E-state index contributed by atoms with van der Waals surface area (Å²) in [7, 11) is 1.27. The van der Waals surface area contributed by atoms with E-state index in [4.69, 9.17) is 15.3 Å². The maximum atomic E-state index is 11.2. The lowest BCUT2D eigenvalue weighted by atomic mass is 10.1. The molecule has 0 fully saturated rings. The van der Waals surface area contributed by atoms with Crippen LogP contribution in [0, 0.1) is 0 Å². The number of carbonyl (C=O) groups excluding carboxylic acids is 1. The lowest BCUT2D eigenvalue weighted by Crippen LogP contribution is -2.46. The molecule has 1 atom stereocenters. The number of thioether (sulfide) groups is 1. The molecular weight excluding hydrogens is 270 g/mol. The zero-order chi connectivity index (χ0) is 14.6. The van der Waals surface area contributed by atoms with Crippen LogP contribution in [0.15, 0.2) is 16.5 Å². The molecule has 0 radical (unpaired) electrons. The predicted molar refractivity (Wildman–Crippen MR) is 71.0 cm³/mol. The molecule has 7 heteroatoms. The fraction of sp³-hybridized carbons (Fsp3) is 0.500. The molecule has 0 amide bonds. The highest BCUT2D eigenvalue weighted by Crippen LogP contribution is 2.31. The van der Waals surface area contributed by atoms with Gasteiger partial charge in [-0.3, -0.25) is 4.79 Å². The van der Waals surface area contributed by atoms with Gasteiger partial charge in [0.15, 0.2) is 0 Å². The molecule has 1 rings (SSSR count). The Hall–Kier alpha value is -1.47. The van der Waals surface area contributed by atoms with Crippen molar-refractivity contribution in [2.75, 3.05) is 7.11 Å². The van der Waals surface area contributed by atoms with E-state index in [9.17, 15) is 9.59 Å². The smallest absolute Gasteiger partial charge is 0.373 e. The monoisotopic (exact) mass is 287 g/mol. The van der Waals surface area contributed by atoms with Crippen molar-refractivity contribution >= 4 is 23.7 Å². The average Bonchev–Trinajstić information content (AvgIpc) is 2.83. The van der Waals surface area contributed by atoms with Gasteiger partial charge in [0.05, 0.1) is 12.9 Å². The van der Waals surface area contributed by atoms with Crippen molar-refractivity contribution in [3.63, 3.8) is 0 Å². The first kappa shape index (κ1) is 15.6. The standard InChI is InChI=1S/C12H17NO5S/c1-12(2,9(13)10(14)15)19-6-7-4-5-8(18-7)11(16)17-3/h4-5,9H,6,13H2,1-3H3,(H,14,15)/t9-/m1/s1. The molecule has 0 bridgehead atoms. The summed E-state index contributed by atoms with van der Waals surface area (Å²) in [5.74, 6) is -0.482. The Labute approximate surface area is 115 Å². The Morgan fingerprint density at radius 1 is 1.53 bits per heavy atom. The number of hydrogen-bond donors (Lipinski definition) is 2. The Bertz CT molecular complexity index is 468. The molecular formula is C12H17NO5S. The molecule has 0 aliphatic rings. The summed E-state index contributed by atoms with van der Waals surface area (Å²) in [4.78, 5) is 22.1. The van der Waals surface area contributed by atoms with Crippen LogP contribution < -0.4 is 5.73 Å². The van der Waals surface area contributed by atoms with Crippen molar-refractivity contribution in [3.8, 4) is 0 Å². The third-order valence-corrected chi connectivity index (χ3v) is 4.08. The number of nitrogens with two attached hydrogens (primary N) is 1. The molecule has 106 valence electrons. The number of esters is 1. The largest absolute Gasteiger partial charge is 0.480 e. The summed E-state index contributed by atoms with van der Waals surface area (Å²) in [5, 5.41) is 8.90. The molecule has 19 heavy (non-hydrogen) atoms. The number of carboxylic acids is 1. The van der Waals surface area contributed by atoms with E-state index in [1.165, 1.54) is 24.9 Å². The molecule has 1 aromatic heterocycles. The summed E-state index contributed by atoms with van der Waals surface area (Å²) < 4.78 is 9.17. The second-order valence-electron chi connectivity index (χ2n) is 4.47. The molecule has 0 aliphatic heterocycles. The Morgan fingerprint density at radius 2 is 2.16 bits per heavy atom. The number of furan rings is 1. The van der Waals surface area contributed by atoms with E-state index in [0.29, 0.717) is 11.5 Å². The highest BCUT2D eigenvalue weighted by atomic mass is 32.2. The highest BCUT2D eigenvalue weighted by molar-refractivity contribution is 7.99. The predicted octanol–water partition coefficient (Wildman–Crippen LogP) is 1.49. The minimum absolute atomic E-state index is 0.124. The second kappa shape index (κ2) is 6.12. The maximum absolute atomic E-state index is 11.2. The van der Waals surface area contributed by atoms with Gasteiger partial charge in [0.25, 0.3) is 0 Å². The Morgan fingerprint density at radius 3 is 2.68 bits per heavy atom. The minimum atomic E-state index is -1.05. The molecule has 1 aromatic rings. The molecule has 0 saturated heterocycles. The number of ether oxygens (including phenoxy) is 1. The molecule has 0 saturated carbocycles. The van der Waals surface area contributed by atoms with Crippen molar-refractivity contribution in [2.45, 2.75) is 30.4 Å². The summed E-state index contributed by atoms with van der Waals surface area (Å²) >= 11 is 1.35. The van der Waals surface area contributed by atoms with Gasteiger partial charge in [-0.2, -0.15) is 0 Å². The van der Waals surface area contributed by atoms with E-state index in [0.717, 1.165) is 0 Å². The van der Waals surface area contributed by atoms with Crippen molar-refractivity contribution in [2.24, 2.45) is 5.73 Å². The van der Waals surface area contributed by atoms with Crippen molar-refractivity contribution in [1.29, 1.82) is 0 Å². The van der Waals surface area contributed by atoms with Gasteiger partial charge < -0.3 is 20.0 Å². The lowest BCUT2D eigenvalue weighted by Gasteiger charge is -2.27. The zero-order valence-electron chi connectivity index (χ0n) is 11.0. The fourth-order valence-corrected chi connectivity index (χ4v) is 2.26. The number of carbonyl (C=O) groups is 2. The number of methoxy groups -OCH3 is 1. The first-order chi connectivity index (χ1) is 8.77. The zero-order valence-corrected chi connectivity index (χ0v) is 11.8. The van der Waals surface area contributed by atoms with E-state index in [1.54, 1.807) is 19.9 Å². The van der Waals surface area contributed by atoms with Gasteiger partial charge in [0, 0.05) is 4.75 Å². The summed E-state index contributed by atoms with van der Waals surface area (Å²) in [6.07, 6.45) is 0. The summed E-state index contributed by atoms with van der Waals surface area (Å²) in [6, 6.07) is 2.19. The van der Waals surface area contributed by atoms with Crippen LogP contribution >= 0.6 is 11.8 Å². The SMILES string of the molecule is COC(=O)c1ccc(CSC(C)(C)[C@H](N)C(=O)O)o1. The normalized spacial score (nSPS) is 13.1. The van der Waals surface area contributed by atoms with Gasteiger partial charge in [-0.25, -0.2) is 4.79 Å². The summed E-state index contributed by atoms with van der Waals surface area (Å²) in [6.45, 7) is 3.50. The van der Waals surface area contributed by atoms with E-state index in [1.807, 2.05) is 0 Å². The quantitative estimate of drug-likeness (QED) is 0.764. The first-order valence-corrected chi connectivity index (χ1v) is 6.56. The van der Waals surface area contributed by atoms with Crippen LogP contribution in [0.3, 0.4) is 0 Å². The van der Waals surface area contributed by atoms with Gasteiger partial charge in [0.1, 0.15) is 11.8 Å². The molecule has 0 spiro atoms. The second-order valence-corrected chi connectivity index (χ2v) is 6.10. The molecule has 1 heterocycles. The number of carboxylic acid groups (broad SMARTS) is 1. The van der Waals surface area contributed by atoms with Gasteiger partial charge >= 0.3 is 11.9 Å². The first-order valence-electron chi connectivity index (χ1n) is 5.57. The van der Waals surface area contributed by atoms with Crippen molar-refractivity contribution in [1.82, 2.24) is 0 Å². The van der Waals surface area contributed by atoms with Gasteiger partial charge in [-0.1, -0.05) is 0 Å². The lowest BCUT2D eigenvalue weighted by molar-refractivity contribution is -0.139. The minimum Gasteiger partial charge on any atom is -0.480 e. The van der Waals surface area contributed by atoms with Crippen LogP contribution in [-0.2, 0) is 15.3 Å². The highest BCUT2D eigenvalue weighted by Gasteiger charge is 2.32. The average molecular weight is 287 g/mol. The number of hydrogen-bond acceptors (Lipinski definition) is 6. The van der Waals surface area contributed by atoms with E-state index >= 15 is 0 Å². The molecule has 0 unspecified atom stereocenters. The summed E-state index contributed by atoms with van der Waals surface area (Å²) in [5.41, 5.74) is 5.61. The molecule has 0 aromatic carbocycles. The third-order valence-electron chi connectivity index (χ3n) is 2.65. The van der Waals surface area contributed by atoms with E-state index < -0.39 is 22.7 Å². The van der Waals surface area contributed by atoms with Crippen LogP contribution in [0.4, 0.5) is 0 Å². The topological polar surface area (TPSA) is 103 Å². The molecule has 0 aliphatic carbocycles. The van der Waals surface area contributed by atoms with Crippen LogP contribution in [0.25, 0.3) is 0 Å². The third kappa shape index (κ3) is 4.00. The van der Waals surface area contributed by atoms with Crippen LogP contribution in [-0.4, -0.2) is 34.9 Å². The van der Waals surface area contributed by atoms with E-state index in [-0.39, 0.29) is 5.76 Å². The van der Waals surface area contributed by atoms with E-state index in [2.05, 4.69) is 4.74 Å². The number of rotatable bonds is 6. The van der Waals surface area contributed by atoms with Gasteiger partial charge in [-0.05, 0) is 26.0 Å². The van der Waals surface area contributed by atoms with Gasteiger partial charge in [-0.15, -0.1) is 11.8 Å². The maximum Gasteiger partial charge on any atom is 0.373 e.